The van der Waals surface area contributed by atoms with Crippen LogP contribution in [0.2, 0.25) is 5.15 Å². The van der Waals surface area contributed by atoms with Crippen molar-refractivity contribution >= 4 is 43.2 Å². The van der Waals surface area contributed by atoms with Gasteiger partial charge in [-0.3, -0.25) is 0 Å². The number of rotatable bonds is 1. The summed E-state index contributed by atoms with van der Waals surface area (Å²) in [6.07, 6.45) is 1.49. The Hall–Kier alpha value is -1.39. The topological polar surface area (TPSA) is 35.0 Å². The number of hydrogen-bond acceptors (Lipinski definition) is 4. The van der Waals surface area contributed by atoms with E-state index in [1.807, 2.05) is 18.2 Å². The molecule has 0 bridgehead atoms. The Morgan fingerprint density at radius 2 is 2.19 bits per heavy atom. The van der Waals surface area contributed by atoms with Crippen LogP contribution in [0.15, 0.2) is 24.5 Å². The van der Waals surface area contributed by atoms with E-state index in [1.165, 1.54) is 6.33 Å². The predicted molar refractivity (Wildman–Crippen MR) is 66.5 cm³/mol. The van der Waals surface area contributed by atoms with Gasteiger partial charge in [-0.05, 0) is 18.2 Å². The Kier molecular flexibility index (Phi) is 2.19. The first-order valence-corrected chi connectivity index (χ1v) is 5.86. The van der Waals surface area contributed by atoms with E-state index in [0.717, 1.165) is 26.1 Å². The number of aromatic nitrogens is 2. The van der Waals surface area contributed by atoms with Crippen LogP contribution in [0.25, 0.3) is 20.3 Å². The number of ether oxygens (including phenoxy) is 1. The number of hydrogen-bond donors (Lipinski definition) is 0. The maximum Gasteiger partial charge on any atom is 0.150 e. The average Bonchev–Trinajstić information content (AvgIpc) is 2.68. The molecule has 0 aliphatic heterocycles. The molecule has 1 aromatic carbocycles. The Morgan fingerprint density at radius 3 is 3.00 bits per heavy atom. The molecule has 3 rings (SSSR count). The third-order valence-corrected chi connectivity index (χ3v) is 3.96. The highest BCUT2D eigenvalue weighted by atomic mass is 35.5. The molecule has 16 heavy (non-hydrogen) atoms. The molecule has 2 heterocycles. The van der Waals surface area contributed by atoms with Crippen LogP contribution in [0.1, 0.15) is 0 Å². The van der Waals surface area contributed by atoms with Crippen molar-refractivity contribution in [2.24, 2.45) is 0 Å². The highest BCUT2D eigenvalue weighted by molar-refractivity contribution is 7.26. The Labute approximate surface area is 101 Å². The van der Waals surface area contributed by atoms with Crippen LogP contribution < -0.4 is 4.74 Å². The largest absolute Gasteiger partial charge is 0.497 e. The van der Waals surface area contributed by atoms with Gasteiger partial charge in [0.2, 0.25) is 0 Å². The summed E-state index contributed by atoms with van der Waals surface area (Å²) in [4.78, 5) is 8.24. The number of nitrogens with zero attached hydrogens (tertiary/aromatic N) is 2. The number of thiophene rings is 1. The molecule has 0 amide bonds. The molecule has 0 unspecified atom stereocenters. The average molecular weight is 251 g/mol. The van der Waals surface area contributed by atoms with Gasteiger partial charge in [0.05, 0.1) is 17.3 Å². The maximum atomic E-state index is 6.03. The minimum Gasteiger partial charge on any atom is -0.497 e. The quantitative estimate of drug-likeness (QED) is 0.620. The van der Waals surface area contributed by atoms with E-state index < -0.39 is 0 Å². The van der Waals surface area contributed by atoms with Crippen molar-refractivity contribution in [2.75, 3.05) is 7.11 Å². The molecule has 2 aromatic heterocycles. The fraction of sp³-hybridized carbons (Fsp3) is 0.0909. The van der Waals surface area contributed by atoms with E-state index in [-0.39, 0.29) is 0 Å². The zero-order valence-corrected chi connectivity index (χ0v) is 9.97. The van der Waals surface area contributed by atoms with E-state index in [4.69, 9.17) is 16.3 Å². The van der Waals surface area contributed by atoms with Gasteiger partial charge in [-0.2, -0.15) is 0 Å². The van der Waals surface area contributed by atoms with Crippen molar-refractivity contribution in [3.05, 3.63) is 29.7 Å². The van der Waals surface area contributed by atoms with Crippen molar-refractivity contribution in [2.45, 2.75) is 0 Å². The van der Waals surface area contributed by atoms with Gasteiger partial charge in [0, 0.05) is 10.1 Å². The van der Waals surface area contributed by atoms with Crippen molar-refractivity contribution in [3.63, 3.8) is 0 Å². The summed E-state index contributed by atoms with van der Waals surface area (Å²) >= 11 is 7.61. The van der Waals surface area contributed by atoms with E-state index in [9.17, 15) is 0 Å². The Morgan fingerprint density at radius 1 is 1.31 bits per heavy atom. The van der Waals surface area contributed by atoms with E-state index in [0.29, 0.717) is 5.15 Å². The van der Waals surface area contributed by atoms with Gasteiger partial charge in [0.15, 0.2) is 0 Å². The second-order valence-corrected chi connectivity index (χ2v) is 4.72. The third-order valence-electron chi connectivity index (χ3n) is 2.42. The van der Waals surface area contributed by atoms with E-state index in [2.05, 4.69) is 9.97 Å². The van der Waals surface area contributed by atoms with Gasteiger partial charge in [-0.25, -0.2) is 9.97 Å². The van der Waals surface area contributed by atoms with Crippen molar-refractivity contribution in [1.29, 1.82) is 0 Å². The molecule has 80 valence electrons. The second-order valence-electron chi connectivity index (χ2n) is 3.31. The number of halogens is 1. The van der Waals surface area contributed by atoms with Crippen LogP contribution in [-0.2, 0) is 0 Å². The van der Waals surface area contributed by atoms with Gasteiger partial charge < -0.3 is 4.74 Å². The van der Waals surface area contributed by atoms with Gasteiger partial charge >= 0.3 is 0 Å². The fourth-order valence-electron chi connectivity index (χ4n) is 1.65. The molecule has 0 atom stereocenters. The van der Waals surface area contributed by atoms with E-state index >= 15 is 0 Å². The summed E-state index contributed by atoms with van der Waals surface area (Å²) in [6.45, 7) is 0. The van der Waals surface area contributed by atoms with Gasteiger partial charge in [0.1, 0.15) is 17.2 Å². The first-order chi connectivity index (χ1) is 7.79. The molecule has 5 heteroatoms. The standard InChI is InChI=1S/C11H7ClN2OS/c1-15-6-2-3-7-8(4-6)16-10-9(7)13-5-14-11(10)12/h2-5H,1H3. The lowest BCUT2D eigenvalue weighted by molar-refractivity contribution is 0.415. The molecular weight excluding hydrogens is 244 g/mol. The predicted octanol–water partition coefficient (Wildman–Crippen LogP) is 3.51. The summed E-state index contributed by atoms with van der Waals surface area (Å²) in [5, 5.41) is 1.59. The van der Waals surface area contributed by atoms with E-state index in [1.54, 1.807) is 18.4 Å². The minimum absolute atomic E-state index is 0.505. The molecule has 0 radical (unpaired) electrons. The summed E-state index contributed by atoms with van der Waals surface area (Å²) in [6, 6.07) is 5.90. The number of benzene rings is 1. The van der Waals surface area contributed by atoms with Crippen molar-refractivity contribution in [3.8, 4) is 5.75 Å². The summed E-state index contributed by atoms with van der Waals surface area (Å²) in [5.41, 5.74) is 0.905. The minimum atomic E-state index is 0.505. The lowest BCUT2D eigenvalue weighted by atomic mass is 10.2. The van der Waals surface area contributed by atoms with Gasteiger partial charge in [-0.15, -0.1) is 11.3 Å². The molecular formula is C11H7ClN2OS. The number of methoxy groups -OCH3 is 1. The van der Waals surface area contributed by atoms with Gasteiger partial charge in [-0.1, -0.05) is 11.6 Å². The zero-order chi connectivity index (χ0) is 11.1. The maximum absolute atomic E-state index is 6.03. The van der Waals surface area contributed by atoms with Crippen LogP contribution in [0, 0.1) is 0 Å². The van der Waals surface area contributed by atoms with Gasteiger partial charge in [0.25, 0.3) is 0 Å². The molecule has 0 aliphatic carbocycles. The zero-order valence-electron chi connectivity index (χ0n) is 8.40. The molecule has 0 aliphatic rings. The monoisotopic (exact) mass is 250 g/mol. The Bertz CT molecular complexity index is 680. The molecule has 3 aromatic rings. The van der Waals surface area contributed by atoms with Crippen LogP contribution in [-0.4, -0.2) is 17.1 Å². The fourth-order valence-corrected chi connectivity index (χ4v) is 2.97. The lowest BCUT2D eigenvalue weighted by Crippen LogP contribution is -1.81. The summed E-state index contributed by atoms with van der Waals surface area (Å²) in [5.74, 6) is 0.836. The first-order valence-electron chi connectivity index (χ1n) is 4.66. The summed E-state index contributed by atoms with van der Waals surface area (Å²) < 4.78 is 7.22. The molecule has 0 spiro atoms. The highest BCUT2D eigenvalue weighted by Gasteiger charge is 2.10. The molecule has 0 fully saturated rings. The van der Waals surface area contributed by atoms with Crippen LogP contribution in [0.5, 0.6) is 5.75 Å². The van der Waals surface area contributed by atoms with Crippen LogP contribution in [0.4, 0.5) is 0 Å². The van der Waals surface area contributed by atoms with Crippen LogP contribution >= 0.6 is 22.9 Å². The highest BCUT2D eigenvalue weighted by Crippen LogP contribution is 2.36. The lowest BCUT2D eigenvalue weighted by Gasteiger charge is -1.97. The molecule has 0 N–H and O–H groups in total. The molecule has 0 saturated carbocycles. The smallest absolute Gasteiger partial charge is 0.150 e. The van der Waals surface area contributed by atoms with Crippen molar-refractivity contribution < 1.29 is 4.74 Å². The Balaban J connectivity index is 2.45. The SMILES string of the molecule is COc1ccc2c(c1)sc1c(Cl)ncnc12. The van der Waals surface area contributed by atoms with Crippen LogP contribution in [0.3, 0.4) is 0 Å². The normalized spacial score (nSPS) is 11.1. The number of fused-ring (bicyclic) bond motifs is 3. The first kappa shape index (κ1) is 9.81. The second kappa shape index (κ2) is 3.57. The summed E-state index contributed by atoms with van der Waals surface area (Å²) in [7, 11) is 1.65. The third kappa shape index (κ3) is 1.34. The molecule has 0 saturated heterocycles. The molecule has 3 nitrogen and oxygen atoms in total. The van der Waals surface area contributed by atoms with Crippen molar-refractivity contribution in [1.82, 2.24) is 9.97 Å².